The van der Waals surface area contributed by atoms with E-state index in [9.17, 15) is 18.4 Å². The first-order valence-electron chi connectivity index (χ1n) is 8.60. The fourth-order valence-electron chi connectivity index (χ4n) is 2.83. The van der Waals surface area contributed by atoms with E-state index < -0.39 is 17.8 Å². The van der Waals surface area contributed by atoms with Crippen LogP contribution < -0.4 is 21.3 Å². The molecule has 0 atom stereocenters. The van der Waals surface area contributed by atoms with Crippen molar-refractivity contribution in [3.8, 4) is 0 Å². The Labute approximate surface area is 155 Å². The maximum absolute atomic E-state index is 14.5. The highest BCUT2D eigenvalue weighted by atomic mass is 19.1. The number of hydrogen-bond acceptors (Lipinski definition) is 3. The van der Waals surface area contributed by atoms with Crippen LogP contribution in [-0.4, -0.2) is 25.0 Å². The predicted molar refractivity (Wildman–Crippen MR) is 97.1 cm³/mol. The van der Waals surface area contributed by atoms with E-state index in [0.717, 1.165) is 11.1 Å². The van der Waals surface area contributed by atoms with Gasteiger partial charge in [-0.15, -0.1) is 0 Å². The average molecular weight is 374 g/mol. The summed E-state index contributed by atoms with van der Waals surface area (Å²) < 4.78 is 27.3. The van der Waals surface area contributed by atoms with Gasteiger partial charge in [-0.3, -0.25) is 4.79 Å². The van der Waals surface area contributed by atoms with Crippen LogP contribution in [0.25, 0.3) is 0 Å². The van der Waals surface area contributed by atoms with Gasteiger partial charge < -0.3 is 21.3 Å². The minimum Gasteiger partial charge on any atom is -0.334 e. The second kappa shape index (κ2) is 8.59. The monoisotopic (exact) mass is 374 g/mol. The van der Waals surface area contributed by atoms with E-state index in [1.54, 1.807) is 18.2 Å². The molecule has 0 aliphatic carbocycles. The fourth-order valence-corrected chi connectivity index (χ4v) is 2.83. The Kier molecular flexibility index (Phi) is 5.97. The van der Waals surface area contributed by atoms with Gasteiger partial charge in [-0.25, -0.2) is 13.6 Å². The Hall–Kier alpha value is -3.00. The first kappa shape index (κ1) is 18.8. The van der Waals surface area contributed by atoms with E-state index in [-0.39, 0.29) is 24.6 Å². The molecule has 0 fully saturated rings. The Morgan fingerprint density at radius 2 is 1.81 bits per heavy atom. The second-order valence-electron chi connectivity index (χ2n) is 6.20. The topological polar surface area (TPSA) is 82.3 Å². The molecule has 1 aliphatic heterocycles. The summed E-state index contributed by atoms with van der Waals surface area (Å²) in [7, 11) is 0. The molecule has 0 bridgehead atoms. The lowest BCUT2D eigenvalue weighted by Crippen LogP contribution is -2.39. The Bertz CT molecular complexity index is 840. The molecule has 2 aromatic rings. The lowest BCUT2D eigenvalue weighted by molar-refractivity contribution is -0.115. The van der Waals surface area contributed by atoms with Crippen LogP contribution in [0.4, 0.5) is 19.3 Å². The lowest BCUT2D eigenvalue weighted by Gasteiger charge is -2.19. The number of amides is 3. The van der Waals surface area contributed by atoms with Crippen molar-refractivity contribution in [2.45, 2.75) is 19.5 Å². The third-order valence-electron chi connectivity index (χ3n) is 4.26. The predicted octanol–water partition coefficient (Wildman–Crippen LogP) is 2.05. The molecule has 2 aromatic carbocycles. The molecule has 0 unspecified atom stereocenters. The molecule has 0 aromatic heterocycles. The third-order valence-corrected chi connectivity index (χ3v) is 4.26. The van der Waals surface area contributed by atoms with Crippen LogP contribution in [0.3, 0.4) is 0 Å². The molecule has 0 spiro atoms. The molecule has 6 nitrogen and oxygen atoms in total. The number of benzene rings is 2. The molecule has 1 heterocycles. The lowest BCUT2D eigenvalue weighted by atomic mass is 9.99. The van der Waals surface area contributed by atoms with Crippen LogP contribution in [0.15, 0.2) is 36.4 Å². The maximum atomic E-state index is 14.5. The van der Waals surface area contributed by atoms with E-state index in [4.69, 9.17) is 0 Å². The average Bonchev–Trinajstić information content (AvgIpc) is 2.68. The van der Waals surface area contributed by atoms with Crippen molar-refractivity contribution in [2.75, 3.05) is 18.4 Å². The number of hydrogen-bond donors (Lipinski definition) is 4. The number of urea groups is 1. The van der Waals surface area contributed by atoms with Crippen molar-refractivity contribution >= 4 is 17.6 Å². The maximum Gasteiger partial charge on any atom is 0.315 e. The molecule has 3 rings (SSSR count). The summed E-state index contributed by atoms with van der Waals surface area (Å²) in [6.07, 6.45) is 0.564. The van der Waals surface area contributed by atoms with Crippen molar-refractivity contribution in [2.24, 2.45) is 0 Å². The molecular formula is C19H20F2N4O2. The zero-order valence-electron chi connectivity index (χ0n) is 14.6. The van der Waals surface area contributed by atoms with Gasteiger partial charge in [0.1, 0.15) is 11.6 Å². The highest BCUT2D eigenvalue weighted by molar-refractivity contribution is 5.94. The number of fused-ring (bicyclic) bond motifs is 1. The standard InChI is InChI=1S/C19H20F2N4O2/c20-14-4-1-12(2-5-14)9-23-19(27)24-11-17(26)25-16-6-3-13-10-22-8-7-15(13)18(16)21/h1-6,22H,7-11H2,(H,25,26)(H2,23,24,27). The van der Waals surface area contributed by atoms with Gasteiger partial charge in [0, 0.05) is 13.1 Å². The van der Waals surface area contributed by atoms with Gasteiger partial charge in [-0.1, -0.05) is 18.2 Å². The molecule has 142 valence electrons. The van der Waals surface area contributed by atoms with Crippen LogP contribution in [-0.2, 0) is 24.3 Å². The quantitative estimate of drug-likeness (QED) is 0.647. The molecule has 0 radical (unpaired) electrons. The fraction of sp³-hybridized carbons (Fsp3) is 0.263. The first-order valence-corrected chi connectivity index (χ1v) is 8.60. The number of nitrogens with one attached hydrogen (secondary N) is 4. The van der Waals surface area contributed by atoms with E-state index in [1.165, 1.54) is 18.2 Å². The highest BCUT2D eigenvalue weighted by Gasteiger charge is 2.17. The van der Waals surface area contributed by atoms with Crippen LogP contribution in [0.5, 0.6) is 0 Å². The smallest absolute Gasteiger partial charge is 0.315 e. The van der Waals surface area contributed by atoms with E-state index in [1.807, 2.05) is 0 Å². The molecule has 3 amide bonds. The largest absolute Gasteiger partial charge is 0.334 e. The zero-order valence-corrected chi connectivity index (χ0v) is 14.6. The van der Waals surface area contributed by atoms with Crippen LogP contribution >= 0.6 is 0 Å². The molecule has 8 heteroatoms. The molecule has 0 saturated heterocycles. The van der Waals surface area contributed by atoms with Gasteiger partial charge in [0.25, 0.3) is 0 Å². The summed E-state index contributed by atoms with van der Waals surface area (Å²) in [4.78, 5) is 23.7. The van der Waals surface area contributed by atoms with Gasteiger partial charge in [-0.2, -0.15) is 0 Å². The first-order chi connectivity index (χ1) is 13.0. The summed E-state index contributed by atoms with van der Waals surface area (Å²) in [5.41, 5.74) is 2.32. The van der Waals surface area contributed by atoms with E-state index in [0.29, 0.717) is 25.1 Å². The minimum atomic E-state index is -0.550. The number of rotatable bonds is 5. The highest BCUT2D eigenvalue weighted by Crippen LogP contribution is 2.24. The van der Waals surface area contributed by atoms with E-state index in [2.05, 4.69) is 21.3 Å². The number of halogens is 2. The summed E-state index contributed by atoms with van der Waals surface area (Å²) >= 11 is 0. The molecule has 1 aliphatic rings. The molecule has 0 saturated carbocycles. The van der Waals surface area contributed by atoms with Crippen molar-refractivity contribution < 1.29 is 18.4 Å². The minimum absolute atomic E-state index is 0.106. The second-order valence-corrected chi connectivity index (χ2v) is 6.20. The van der Waals surface area contributed by atoms with Gasteiger partial charge in [0.2, 0.25) is 5.91 Å². The third kappa shape index (κ3) is 5.01. The summed E-state index contributed by atoms with van der Waals surface area (Å²) in [5.74, 6) is -1.31. The number of anilines is 1. The summed E-state index contributed by atoms with van der Waals surface area (Å²) in [6, 6.07) is 8.45. The van der Waals surface area contributed by atoms with Crippen molar-refractivity contribution in [3.63, 3.8) is 0 Å². The summed E-state index contributed by atoms with van der Waals surface area (Å²) in [5, 5.41) is 10.6. The Balaban J connectivity index is 1.46. The zero-order chi connectivity index (χ0) is 19.2. The van der Waals surface area contributed by atoms with Crippen LogP contribution in [0, 0.1) is 11.6 Å². The molecule has 4 N–H and O–H groups in total. The Morgan fingerprint density at radius 3 is 2.59 bits per heavy atom. The summed E-state index contributed by atoms with van der Waals surface area (Å²) in [6.45, 7) is 1.20. The van der Waals surface area contributed by atoms with Gasteiger partial charge in [-0.05, 0) is 47.9 Å². The number of carbonyl (C=O) groups is 2. The molecule has 27 heavy (non-hydrogen) atoms. The SMILES string of the molecule is O=C(CNC(=O)NCc1ccc(F)cc1)Nc1ccc2c(c1F)CCNC2. The van der Waals surface area contributed by atoms with Crippen molar-refractivity contribution in [1.82, 2.24) is 16.0 Å². The van der Waals surface area contributed by atoms with Gasteiger partial charge >= 0.3 is 6.03 Å². The van der Waals surface area contributed by atoms with Gasteiger partial charge in [0.05, 0.1) is 12.2 Å². The van der Waals surface area contributed by atoms with Crippen molar-refractivity contribution in [3.05, 3.63) is 64.7 Å². The van der Waals surface area contributed by atoms with E-state index >= 15 is 0 Å². The van der Waals surface area contributed by atoms with Gasteiger partial charge in [0.15, 0.2) is 0 Å². The van der Waals surface area contributed by atoms with Crippen LogP contribution in [0.1, 0.15) is 16.7 Å². The molecular weight excluding hydrogens is 354 g/mol. The van der Waals surface area contributed by atoms with Crippen LogP contribution in [0.2, 0.25) is 0 Å². The number of carbonyl (C=O) groups excluding carboxylic acids is 2. The van der Waals surface area contributed by atoms with Crippen molar-refractivity contribution in [1.29, 1.82) is 0 Å². The normalized spacial score (nSPS) is 12.8. The Morgan fingerprint density at radius 1 is 1.04 bits per heavy atom.